The summed E-state index contributed by atoms with van der Waals surface area (Å²) in [4.78, 5) is 1.89. The summed E-state index contributed by atoms with van der Waals surface area (Å²) in [5, 5.41) is 0. The molecule has 0 saturated carbocycles. The molecule has 0 radical (unpaired) electrons. The second-order valence-corrected chi connectivity index (χ2v) is 5.44. The summed E-state index contributed by atoms with van der Waals surface area (Å²) in [6, 6.07) is 0.232. The second kappa shape index (κ2) is 4.77. The van der Waals surface area contributed by atoms with E-state index < -0.39 is 11.8 Å². The van der Waals surface area contributed by atoms with E-state index in [0.29, 0.717) is 18.8 Å². The van der Waals surface area contributed by atoms with Gasteiger partial charge in [-0.3, -0.25) is 4.90 Å². The van der Waals surface area contributed by atoms with Crippen LogP contribution in [0.2, 0.25) is 0 Å². The van der Waals surface area contributed by atoms with Gasteiger partial charge in [-0.15, -0.1) is 0 Å². The Kier molecular flexibility index (Phi) is 4.10. The van der Waals surface area contributed by atoms with Crippen LogP contribution in [0.25, 0.3) is 0 Å². The Bertz CT molecular complexity index is 202. The number of likely N-dealkylation sites (tertiary alicyclic amines) is 1. The van der Waals surface area contributed by atoms with Crippen molar-refractivity contribution < 1.29 is 8.78 Å². The Morgan fingerprint density at radius 1 is 1.27 bits per heavy atom. The maximum Gasteiger partial charge on any atom is 0.263 e. The smallest absolute Gasteiger partial charge is 0.263 e. The summed E-state index contributed by atoms with van der Waals surface area (Å²) in [5.41, 5.74) is 0. The first-order valence-electron chi connectivity index (χ1n) is 5.94. The highest BCUT2D eigenvalue weighted by molar-refractivity contribution is 4.88. The minimum absolute atomic E-state index is 0.0535. The standard InChI is InChI=1S/C12H23F2N/c1-9(2)7-11-5-6-15(10(3)4)8-12(11,13)14/h9-11H,5-8H2,1-4H3. The van der Waals surface area contributed by atoms with Gasteiger partial charge in [-0.05, 0) is 39.2 Å². The number of piperidine rings is 1. The average Bonchev–Trinajstić information content (AvgIpc) is 2.07. The van der Waals surface area contributed by atoms with Crippen LogP contribution in [-0.4, -0.2) is 30.0 Å². The van der Waals surface area contributed by atoms with E-state index in [-0.39, 0.29) is 12.6 Å². The Morgan fingerprint density at radius 2 is 1.87 bits per heavy atom. The molecule has 0 spiro atoms. The molecule has 1 atom stereocenters. The molecule has 3 heteroatoms. The largest absolute Gasteiger partial charge is 0.295 e. The summed E-state index contributed by atoms with van der Waals surface area (Å²) >= 11 is 0. The van der Waals surface area contributed by atoms with Gasteiger partial charge in [0.25, 0.3) is 5.92 Å². The van der Waals surface area contributed by atoms with Crippen LogP contribution in [-0.2, 0) is 0 Å². The first kappa shape index (κ1) is 12.9. The van der Waals surface area contributed by atoms with Crippen LogP contribution in [0.3, 0.4) is 0 Å². The number of nitrogens with zero attached hydrogens (tertiary/aromatic N) is 1. The summed E-state index contributed by atoms with van der Waals surface area (Å²) in [5.74, 6) is -2.54. The molecular weight excluding hydrogens is 196 g/mol. The van der Waals surface area contributed by atoms with Crippen LogP contribution in [0.1, 0.15) is 40.5 Å². The summed E-state index contributed by atoms with van der Waals surface area (Å²) in [6.07, 6.45) is 1.29. The molecule has 90 valence electrons. The Hall–Kier alpha value is -0.180. The molecule has 0 N–H and O–H groups in total. The van der Waals surface area contributed by atoms with E-state index in [2.05, 4.69) is 0 Å². The minimum Gasteiger partial charge on any atom is -0.295 e. The molecule has 0 amide bonds. The van der Waals surface area contributed by atoms with Crippen molar-refractivity contribution in [3.8, 4) is 0 Å². The van der Waals surface area contributed by atoms with E-state index in [9.17, 15) is 8.78 Å². The molecule has 0 aliphatic carbocycles. The fourth-order valence-electron chi connectivity index (χ4n) is 2.31. The second-order valence-electron chi connectivity index (χ2n) is 5.44. The molecule has 0 aromatic heterocycles. The van der Waals surface area contributed by atoms with Crippen LogP contribution in [0.4, 0.5) is 8.78 Å². The zero-order chi connectivity index (χ0) is 11.6. The van der Waals surface area contributed by atoms with Gasteiger partial charge >= 0.3 is 0 Å². The van der Waals surface area contributed by atoms with Crippen LogP contribution in [0.15, 0.2) is 0 Å². The first-order valence-corrected chi connectivity index (χ1v) is 5.94. The molecule has 1 aliphatic rings. The van der Waals surface area contributed by atoms with Crippen molar-refractivity contribution in [2.24, 2.45) is 11.8 Å². The van der Waals surface area contributed by atoms with Crippen molar-refractivity contribution in [1.82, 2.24) is 4.90 Å². The number of rotatable bonds is 3. The lowest BCUT2D eigenvalue weighted by atomic mass is 9.85. The number of hydrogen-bond acceptors (Lipinski definition) is 1. The maximum atomic E-state index is 13.8. The maximum absolute atomic E-state index is 13.8. The third-order valence-electron chi connectivity index (χ3n) is 3.26. The van der Waals surface area contributed by atoms with Crippen LogP contribution in [0.5, 0.6) is 0 Å². The first-order chi connectivity index (χ1) is 6.83. The lowest BCUT2D eigenvalue weighted by molar-refractivity contribution is -0.122. The van der Waals surface area contributed by atoms with E-state index in [1.54, 1.807) is 0 Å². The average molecular weight is 219 g/mol. The number of alkyl halides is 2. The van der Waals surface area contributed by atoms with Crippen molar-refractivity contribution in [3.05, 3.63) is 0 Å². The fourth-order valence-corrected chi connectivity index (χ4v) is 2.31. The van der Waals surface area contributed by atoms with Gasteiger partial charge in [-0.1, -0.05) is 13.8 Å². The van der Waals surface area contributed by atoms with Crippen molar-refractivity contribution in [1.29, 1.82) is 0 Å². The molecule has 1 aliphatic heterocycles. The van der Waals surface area contributed by atoms with Crippen molar-refractivity contribution in [2.75, 3.05) is 13.1 Å². The van der Waals surface area contributed by atoms with E-state index in [4.69, 9.17) is 0 Å². The van der Waals surface area contributed by atoms with Crippen LogP contribution in [0, 0.1) is 11.8 Å². The van der Waals surface area contributed by atoms with Crippen molar-refractivity contribution in [2.45, 2.75) is 52.5 Å². The van der Waals surface area contributed by atoms with Crippen molar-refractivity contribution >= 4 is 0 Å². The molecule has 0 aromatic rings. The van der Waals surface area contributed by atoms with Gasteiger partial charge in [0.1, 0.15) is 0 Å². The summed E-state index contributed by atoms with van der Waals surface area (Å²) < 4.78 is 27.6. The van der Waals surface area contributed by atoms with Crippen molar-refractivity contribution in [3.63, 3.8) is 0 Å². The highest BCUT2D eigenvalue weighted by Gasteiger charge is 2.44. The van der Waals surface area contributed by atoms with Gasteiger partial charge in [0, 0.05) is 12.0 Å². The highest BCUT2D eigenvalue weighted by atomic mass is 19.3. The van der Waals surface area contributed by atoms with E-state index in [0.717, 1.165) is 6.54 Å². The number of halogens is 2. The topological polar surface area (TPSA) is 3.24 Å². The molecule has 0 aromatic carbocycles. The van der Waals surface area contributed by atoms with Gasteiger partial charge in [0.15, 0.2) is 0 Å². The van der Waals surface area contributed by atoms with E-state index >= 15 is 0 Å². The molecular formula is C12H23F2N. The Labute approximate surface area is 91.8 Å². The molecule has 1 unspecified atom stereocenters. The summed E-state index contributed by atoms with van der Waals surface area (Å²) in [6.45, 7) is 8.78. The Balaban J connectivity index is 2.58. The quantitative estimate of drug-likeness (QED) is 0.703. The Morgan fingerprint density at radius 3 is 2.27 bits per heavy atom. The van der Waals surface area contributed by atoms with Gasteiger partial charge in [-0.25, -0.2) is 8.78 Å². The normalized spacial score (nSPS) is 27.6. The monoisotopic (exact) mass is 219 g/mol. The van der Waals surface area contributed by atoms with E-state index in [1.165, 1.54) is 0 Å². The molecule has 1 heterocycles. The lowest BCUT2D eigenvalue weighted by Crippen LogP contribution is -2.51. The van der Waals surface area contributed by atoms with Crippen LogP contribution >= 0.6 is 0 Å². The molecule has 1 rings (SSSR count). The third kappa shape index (κ3) is 3.40. The number of hydrogen-bond donors (Lipinski definition) is 0. The zero-order valence-corrected chi connectivity index (χ0v) is 10.3. The highest BCUT2D eigenvalue weighted by Crippen LogP contribution is 2.37. The van der Waals surface area contributed by atoms with Gasteiger partial charge in [-0.2, -0.15) is 0 Å². The van der Waals surface area contributed by atoms with Gasteiger partial charge in [0.05, 0.1) is 6.54 Å². The molecule has 1 fully saturated rings. The van der Waals surface area contributed by atoms with Crippen LogP contribution < -0.4 is 0 Å². The fraction of sp³-hybridized carbons (Fsp3) is 1.00. The van der Waals surface area contributed by atoms with E-state index in [1.807, 2.05) is 32.6 Å². The third-order valence-corrected chi connectivity index (χ3v) is 3.26. The predicted octanol–water partition coefficient (Wildman–Crippen LogP) is 3.40. The lowest BCUT2D eigenvalue weighted by Gasteiger charge is -2.40. The molecule has 1 saturated heterocycles. The minimum atomic E-state index is -2.49. The predicted molar refractivity (Wildman–Crippen MR) is 59.2 cm³/mol. The van der Waals surface area contributed by atoms with Gasteiger partial charge in [0.2, 0.25) is 0 Å². The molecule has 15 heavy (non-hydrogen) atoms. The van der Waals surface area contributed by atoms with Gasteiger partial charge < -0.3 is 0 Å². The zero-order valence-electron chi connectivity index (χ0n) is 10.3. The molecule has 1 nitrogen and oxygen atoms in total. The summed E-state index contributed by atoms with van der Waals surface area (Å²) in [7, 11) is 0. The SMILES string of the molecule is CC(C)CC1CCN(C(C)C)CC1(F)F. The molecule has 0 bridgehead atoms.